The number of aryl methyl sites for hydroxylation is 1. The maximum Gasteiger partial charge on any atom is 0.273 e. The van der Waals surface area contributed by atoms with Crippen LogP contribution in [0.2, 0.25) is 0 Å². The molecule has 2 aromatic rings. The summed E-state index contributed by atoms with van der Waals surface area (Å²) < 4.78 is 5.45. The van der Waals surface area contributed by atoms with Crippen molar-refractivity contribution >= 4 is 11.8 Å². The van der Waals surface area contributed by atoms with Crippen LogP contribution in [0.25, 0.3) is 0 Å². The Morgan fingerprint density at radius 2 is 1.92 bits per heavy atom. The normalized spacial score (nSPS) is 16.3. The van der Waals surface area contributed by atoms with Crippen LogP contribution in [-0.4, -0.2) is 33.8 Å². The van der Waals surface area contributed by atoms with Gasteiger partial charge in [0.25, 0.3) is 11.8 Å². The zero-order valence-corrected chi connectivity index (χ0v) is 14.9. The summed E-state index contributed by atoms with van der Waals surface area (Å²) in [5.41, 5.74) is 2.16. The third kappa shape index (κ3) is 3.79. The number of hydrogen-bond donors (Lipinski definition) is 1. The lowest BCUT2D eigenvalue weighted by Crippen LogP contribution is -2.32. The third-order valence-electron chi connectivity index (χ3n) is 4.86. The Bertz CT molecular complexity index is 804. The van der Waals surface area contributed by atoms with Gasteiger partial charge < -0.3 is 14.6 Å². The first-order valence-corrected chi connectivity index (χ1v) is 9.29. The fourth-order valence-electron chi connectivity index (χ4n) is 2.92. The molecule has 6 heteroatoms. The van der Waals surface area contributed by atoms with Crippen LogP contribution in [0.15, 0.2) is 34.9 Å². The molecule has 1 aromatic carbocycles. The average Bonchev–Trinajstić information content (AvgIpc) is 3.59. The molecule has 0 spiro atoms. The van der Waals surface area contributed by atoms with Gasteiger partial charge in [0, 0.05) is 17.6 Å². The highest BCUT2D eigenvalue weighted by Gasteiger charge is 2.34. The summed E-state index contributed by atoms with van der Waals surface area (Å²) in [4.78, 5) is 31.0. The summed E-state index contributed by atoms with van der Waals surface area (Å²) in [6.07, 6.45) is 6.36. The minimum Gasteiger partial charge on any atom is -0.446 e. The summed E-state index contributed by atoms with van der Waals surface area (Å²) in [5.74, 6) is 0.177. The van der Waals surface area contributed by atoms with Crippen LogP contribution in [0.3, 0.4) is 0 Å². The molecule has 2 aliphatic carbocycles. The Kier molecular flexibility index (Phi) is 4.49. The molecule has 1 heterocycles. The van der Waals surface area contributed by atoms with E-state index in [4.69, 9.17) is 4.42 Å². The molecular weight excluding hydrogens is 330 g/mol. The number of carbonyl (C=O) groups excluding carboxylic acids is 2. The van der Waals surface area contributed by atoms with Gasteiger partial charge in [-0.15, -0.1) is 0 Å². The number of carbonyl (C=O) groups is 2. The zero-order valence-electron chi connectivity index (χ0n) is 14.9. The van der Waals surface area contributed by atoms with E-state index in [9.17, 15) is 9.59 Å². The van der Waals surface area contributed by atoms with Crippen molar-refractivity contribution in [3.8, 4) is 0 Å². The van der Waals surface area contributed by atoms with Crippen molar-refractivity contribution < 1.29 is 14.0 Å². The van der Waals surface area contributed by atoms with Crippen molar-refractivity contribution in [3.05, 3.63) is 53.2 Å². The minimum atomic E-state index is -0.207. The smallest absolute Gasteiger partial charge is 0.273 e. The van der Waals surface area contributed by atoms with Gasteiger partial charge in [0.1, 0.15) is 6.26 Å². The van der Waals surface area contributed by atoms with Crippen molar-refractivity contribution in [3.63, 3.8) is 0 Å². The predicted octanol–water partition coefficient (Wildman–Crippen LogP) is 2.93. The molecule has 1 aromatic heterocycles. The molecule has 2 aliphatic rings. The minimum absolute atomic E-state index is 0.0164. The lowest BCUT2D eigenvalue weighted by molar-refractivity contribution is 0.0714. The van der Waals surface area contributed by atoms with Crippen LogP contribution in [0.1, 0.15) is 64.9 Å². The van der Waals surface area contributed by atoms with Crippen LogP contribution < -0.4 is 5.32 Å². The van der Waals surface area contributed by atoms with Gasteiger partial charge in [-0.05, 0) is 49.8 Å². The van der Waals surface area contributed by atoms with Crippen LogP contribution in [0, 0.1) is 0 Å². The molecule has 0 aliphatic heterocycles. The Morgan fingerprint density at radius 1 is 1.19 bits per heavy atom. The fourth-order valence-corrected chi connectivity index (χ4v) is 2.92. The second-order valence-corrected chi connectivity index (χ2v) is 7.09. The molecule has 0 unspecified atom stereocenters. The highest BCUT2D eigenvalue weighted by molar-refractivity contribution is 5.94. The molecule has 0 atom stereocenters. The Morgan fingerprint density at radius 3 is 2.54 bits per heavy atom. The average molecular weight is 353 g/mol. The van der Waals surface area contributed by atoms with Crippen LogP contribution in [-0.2, 0) is 13.0 Å². The van der Waals surface area contributed by atoms with Crippen molar-refractivity contribution in [2.45, 2.75) is 57.7 Å². The molecule has 6 nitrogen and oxygen atoms in total. The van der Waals surface area contributed by atoms with Gasteiger partial charge in [-0.1, -0.05) is 19.1 Å². The van der Waals surface area contributed by atoms with Gasteiger partial charge in [0.15, 0.2) is 5.69 Å². The maximum atomic E-state index is 12.9. The van der Waals surface area contributed by atoms with E-state index in [0.717, 1.165) is 32.1 Å². The number of nitrogens with zero attached hydrogens (tertiary/aromatic N) is 2. The summed E-state index contributed by atoms with van der Waals surface area (Å²) in [7, 11) is 0. The van der Waals surface area contributed by atoms with Crippen LogP contribution >= 0.6 is 0 Å². The van der Waals surface area contributed by atoms with E-state index in [2.05, 4.69) is 17.2 Å². The van der Waals surface area contributed by atoms with E-state index in [0.29, 0.717) is 11.5 Å². The van der Waals surface area contributed by atoms with Gasteiger partial charge in [0.05, 0.1) is 6.54 Å². The van der Waals surface area contributed by atoms with E-state index in [1.807, 2.05) is 24.3 Å². The number of oxazole rings is 1. The molecule has 136 valence electrons. The predicted molar refractivity (Wildman–Crippen MR) is 95.7 cm³/mol. The first-order valence-electron chi connectivity index (χ1n) is 9.29. The Hall–Kier alpha value is -2.63. The molecule has 0 radical (unpaired) electrons. The Labute approximate surface area is 152 Å². The van der Waals surface area contributed by atoms with E-state index in [1.165, 1.54) is 11.8 Å². The topological polar surface area (TPSA) is 75.4 Å². The van der Waals surface area contributed by atoms with Gasteiger partial charge in [0.2, 0.25) is 5.89 Å². The molecule has 1 N–H and O–H groups in total. The molecule has 0 bridgehead atoms. The van der Waals surface area contributed by atoms with Gasteiger partial charge in [-0.25, -0.2) is 4.98 Å². The second kappa shape index (κ2) is 6.94. The molecular formula is C20H23N3O3. The van der Waals surface area contributed by atoms with E-state index < -0.39 is 0 Å². The number of benzene rings is 1. The maximum absolute atomic E-state index is 12.9. The van der Waals surface area contributed by atoms with Crippen LogP contribution in [0.4, 0.5) is 0 Å². The fraction of sp³-hybridized carbons (Fsp3) is 0.450. The molecule has 0 saturated heterocycles. The Balaban J connectivity index is 1.45. The number of nitrogens with one attached hydrogen (secondary N) is 1. The quantitative estimate of drug-likeness (QED) is 0.830. The summed E-state index contributed by atoms with van der Waals surface area (Å²) >= 11 is 0. The highest BCUT2D eigenvalue weighted by atomic mass is 16.3. The highest BCUT2D eigenvalue weighted by Crippen LogP contribution is 2.30. The van der Waals surface area contributed by atoms with Crippen LogP contribution in [0.5, 0.6) is 0 Å². The first kappa shape index (κ1) is 16.8. The van der Waals surface area contributed by atoms with Crippen molar-refractivity contribution in [1.29, 1.82) is 0 Å². The van der Waals surface area contributed by atoms with Crippen molar-refractivity contribution in [2.24, 2.45) is 0 Å². The summed E-state index contributed by atoms with van der Waals surface area (Å²) in [6.45, 7) is 2.38. The SMILES string of the molecule is CCc1ccc(C(=O)N(Cc2nc(C(=O)NC3CC3)co2)C2CC2)cc1. The number of hydrogen-bond acceptors (Lipinski definition) is 4. The largest absolute Gasteiger partial charge is 0.446 e. The van der Waals surface area contributed by atoms with E-state index >= 15 is 0 Å². The summed E-state index contributed by atoms with van der Waals surface area (Å²) in [5, 5.41) is 2.89. The number of rotatable bonds is 7. The molecule has 26 heavy (non-hydrogen) atoms. The molecule has 2 amide bonds. The zero-order chi connectivity index (χ0) is 18.1. The van der Waals surface area contributed by atoms with Gasteiger partial charge in [-0.3, -0.25) is 9.59 Å². The number of aromatic nitrogens is 1. The molecule has 2 fully saturated rings. The monoisotopic (exact) mass is 353 g/mol. The van der Waals surface area contributed by atoms with E-state index in [1.54, 1.807) is 4.90 Å². The van der Waals surface area contributed by atoms with Crippen molar-refractivity contribution in [2.75, 3.05) is 0 Å². The van der Waals surface area contributed by atoms with E-state index in [-0.39, 0.29) is 36.1 Å². The third-order valence-corrected chi connectivity index (χ3v) is 4.86. The molecule has 2 saturated carbocycles. The lowest BCUT2D eigenvalue weighted by atomic mass is 10.1. The van der Waals surface area contributed by atoms with Gasteiger partial charge >= 0.3 is 0 Å². The van der Waals surface area contributed by atoms with Crippen molar-refractivity contribution in [1.82, 2.24) is 15.2 Å². The van der Waals surface area contributed by atoms with Gasteiger partial charge in [-0.2, -0.15) is 0 Å². The number of amides is 2. The standard InChI is InChI=1S/C20H23N3O3/c1-2-13-3-5-14(6-4-13)20(25)23(16-9-10-16)11-18-22-17(12-26-18)19(24)21-15-7-8-15/h3-6,12,15-16H,2,7-11H2,1H3,(H,21,24). The molecule has 4 rings (SSSR count). The summed E-state index contributed by atoms with van der Waals surface area (Å²) in [6, 6.07) is 8.23. The first-order chi connectivity index (χ1) is 12.6. The second-order valence-electron chi connectivity index (χ2n) is 7.09. The lowest BCUT2D eigenvalue weighted by Gasteiger charge is -2.21.